The fourth-order valence-electron chi connectivity index (χ4n) is 0.744. The minimum Gasteiger partial charge on any atom is -0.382 e. The van der Waals surface area contributed by atoms with E-state index in [9.17, 15) is 0 Å². The number of nitrogens with two attached hydrogens (primary N) is 3. The van der Waals surface area contributed by atoms with Gasteiger partial charge in [-0.25, -0.2) is 4.99 Å². The average molecular weight is 203 g/mol. The Labute approximate surface area is 83.0 Å². The standard InChI is InChI=1S/C7H17N5O2/c1-13-4-5(14-2)3-11-7(10)12-6(8)9/h5H,3-4H2,1-2H3,(H6,8,9,10,11,12). The van der Waals surface area contributed by atoms with Gasteiger partial charge in [-0.15, -0.1) is 0 Å². The highest BCUT2D eigenvalue weighted by Crippen LogP contribution is 1.91. The van der Waals surface area contributed by atoms with Crippen molar-refractivity contribution in [3.8, 4) is 0 Å². The number of hydrogen-bond donors (Lipinski definition) is 3. The van der Waals surface area contributed by atoms with E-state index < -0.39 is 0 Å². The summed E-state index contributed by atoms with van der Waals surface area (Å²) in [7, 11) is 3.14. The van der Waals surface area contributed by atoms with Crippen LogP contribution < -0.4 is 17.2 Å². The molecule has 7 nitrogen and oxygen atoms in total. The van der Waals surface area contributed by atoms with Gasteiger partial charge < -0.3 is 26.7 Å². The smallest absolute Gasteiger partial charge is 0.218 e. The molecule has 0 heterocycles. The largest absolute Gasteiger partial charge is 0.382 e. The molecular formula is C7H17N5O2. The number of ether oxygens (including phenoxy) is 2. The molecule has 14 heavy (non-hydrogen) atoms. The van der Waals surface area contributed by atoms with E-state index in [1.807, 2.05) is 0 Å². The second-order valence-corrected chi connectivity index (χ2v) is 2.55. The fourth-order valence-corrected chi connectivity index (χ4v) is 0.744. The van der Waals surface area contributed by atoms with Crippen LogP contribution in [-0.4, -0.2) is 45.4 Å². The maximum Gasteiger partial charge on any atom is 0.218 e. The molecule has 0 aliphatic heterocycles. The minimum absolute atomic E-state index is 0.0307. The Morgan fingerprint density at radius 2 is 1.93 bits per heavy atom. The molecule has 0 saturated carbocycles. The third-order valence-corrected chi connectivity index (χ3v) is 1.39. The van der Waals surface area contributed by atoms with Gasteiger partial charge in [-0.05, 0) is 0 Å². The molecule has 82 valence electrons. The third-order valence-electron chi connectivity index (χ3n) is 1.39. The van der Waals surface area contributed by atoms with Gasteiger partial charge in [0.05, 0.1) is 13.2 Å². The van der Waals surface area contributed by atoms with Crippen molar-refractivity contribution in [2.75, 3.05) is 27.4 Å². The monoisotopic (exact) mass is 203 g/mol. The van der Waals surface area contributed by atoms with Crippen LogP contribution in [0.2, 0.25) is 0 Å². The Balaban J connectivity index is 4.04. The van der Waals surface area contributed by atoms with Crippen LogP contribution in [0.25, 0.3) is 0 Å². The summed E-state index contributed by atoms with van der Waals surface area (Å²) in [5.74, 6) is -0.0879. The Morgan fingerprint density at radius 1 is 1.29 bits per heavy atom. The quantitative estimate of drug-likeness (QED) is 0.361. The first-order valence-corrected chi connectivity index (χ1v) is 4.01. The Kier molecular flexibility index (Phi) is 6.42. The number of aliphatic imine (C=N–C) groups is 2. The number of rotatable bonds is 5. The zero-order valence-electron chi connectivity index (χ0n) is 8.43. The van der Waals surface area contributed by atoms with Crippen molar-refractivity contribution in [3.63, 3.8) is 0 Å². The molecular weight excluding hydrogens is 186 g/mol. The molecule has 0 fully saturated rings. The lowest BCUT2D eigenvalue weighted by Crippen LogP contribution is -2.27. The van der Waals surface area contributed by atoms with Gasteiger partial charge in [-0.1, -0.05) is 0 Å². The molecule has 0 spiro atoms. The minimum atomic E-state index is -0.146. The molecule has 1 unspecified atom stereocenters. The van der Waals surface area contributed by atoms with E-state index in [2.05, 4.69) is 9.98 Å². The van der Waals surface area contributed by atoms with Crippen LogP contribution in [0.1, 0.15) is 0 Å². The van der Waals surface area contributed by atoms with Crippen LogP contribution in [0.15, 0.2) is 9.98 Å². The molecule has 1 atom stereocenters. The second kappa shape index (κ2) is 7.10. The van der Waals surface area contributed by atoms with Crippen LogP contribution in [0, 0.1) is 0 Å². The lowest BCUT2D eigenvalue weighted by atomic mass is 10.4. The summed E-state index contributed by atoms with van der Waals surface area (Å²) < 4.78 is 9.94. The molecule has 6 N–H and O–H groups in total. The van der Waals surface area contributed by atoms with Crippen LogP contribution in [0.3, 0.4) is 0 Å². The Morgan fingerprint density at radius 3 is 2.36 bits per heavy atom. The molecule has 0 radical (unpaired) electrons. The first kappa shape index (κ1) is 12.7. The maximum atomic E-state index is 5.38. The van der Waals surface area contributed by atoms with Gasteiger partial charge in [-0.3, -0.25) is 0 Å². The van der Waals surface area contributed by atoms with Crippen molar-refractivity contribution in [1.29, 1.82) is 0 Å². The van der Waals surface area contributed by atoms with Crippen molar-refractivity contribution < 1.29 is 9.47 Å². The van der Waals surface area contributed by atoms with E-state index in [1.54, 1.807) is 14.2 Å². The van der Waals surface area contributed by atoms with Crippen LogP contribution in [0.5, 0.6) is 0 Å². The maximum absolute atomic E-state index is 5.38. The highest BCUT2D eigenvalue weighted by Gasteiger charge is 2.05. The molecule has 0 rings (SSSR count). The van der Waals surface area contributed by atoms with Gasteiger partial charge in [0.25, 0.3) is 0 Å². The summed E-state index contributed by atoms with van der Waals surface area (Å²) in [4.78, 5) is 7.44. The Bertz CT molecular complexity index is 212. The zero-order valence-corrected chi connectivity index (χ0v) is 8.43. The van der Waals surface area contributed by atoms with Gasteiger partial charge in [0.1, 0.15) is 6.10 Å². The second-order valence-electron chi connectivity index (χ2n) is 2.55. The average Bonchev–Trinajstić information content (AvgIpc) is 2.11. The van der Waals surface area contributed by atoms with Gasteiger partial charge in [-0.2, -0.15) is 4.99 Å². The number of hydrogen-bond acceptors (Lipinski definition) is 3. The normalized spacial score (nSPS) is 13.7. The number of nitrogens with zero attached hydrogens (tertiary/aromatic N) is 2. The van der Waals surface area contributed by atoms with E-state index in [4.69, 9.17) is 26.7 Å². The van der Waals surface area contributed by atoms with E-state index in [-0.39, 0.29) is 18.0 Å². The van der Waals surface area contributed by atoms with Gasteiger partial charge in [0.2, 0.25) is 5.96 Å². The first-order valence-electron chi connectivity index (χ1n) is 4.01. The number of methoxy groups -OCH3 is 2. The van der Waals surface area contributed by atoms with Crippen LogP contribution in [-0.2, 0) is 9.47 Å². The number of guanidine groups is 2. The lowest BCUT2D eigenvalue weighted by molar-refractivity contribution is 0.0344. The van der Waals surface area contributed by atoms with E-state index in [0.717, 1.165) is 0 Å². The van der Waals surface area contributed by atoms with Crippen molar-refractivity contribution in [2.24, 2.45) is 27.2 Å². The molecule has 0 saturated heterocycles. The molecule has 0 amide bonds. The summed E-state index contributed by atoms with van der Waals surface area (Å²) in [6.45, 7) is 0.794. The summed E-state index contributed by atoms with van der Waals surface area (Å²) in [5, 5.41) is 0. The van der Waals surface area contributed by atoms with E-state index >= 15 is 0 Å². The third kappa shape index (κ3) is 6.21. The molecule has 0 aliphatic rings. The van der Waals surface area contributed by atoms with Crippen molar-refractivity contribution >= 4 is 11.9 Å². The Hall–Kier alpha value is -1.34. The van der Waals surface area contributed by atoms with E-state index in [0.29, 0.717) is 13.2 Å². The molecule has 0 aromatic carbocycles. The topological polar surface area (TPSA) is 121 Å². The summed E-state index contributed by atoms with van der Waals surface area (Å²) in [5.41, 5.74) is 15.6. The van der Waals surface area contributed by atoms with Crippen LogP contribution in [0.4, 0.5) is 0 Å². The van der Waals surface area contributed by atoms with E-state index in [1.165, 1.54) is 0 Å². The lowest BCUT2D eigenvalue weighted by Gasteiger charge is -2.10. The fraction of sp³-hybridized carbons (Fsp3) is 0.714. The predicted octanol–water partition coefficient (Wildman–Crippen LogP) is -1.76. The summed E-state index contributed by atoms with van der Waals surface area (Å²) in [6, 6.07) is 0. The SMILES string of the molecule is COCC(CN=C(N)N=C(N)N)OC. The molecule has 7 heteroatoms. The van der Waals surface area contributed by atoms with Gasteiger partial charge in [0.15, 0.2) is 5.96 Å². The van der Waals surface area contributed by atoms with Crippen molar-refractivity contribution in [2.45, 2.75) is 6.10 Å². The highest BCUT2D eigenvalue weighted by molar-refractivity contribution is 5.92. The summed E-state index contributed by atoms with van der Waals surface area (Å²) in [6.07, 6.45) is -0.146. The molecule has 0 aromatic heterocycles. The molecule has 0 bridgehead atoms. The summed E-state index contributed by atoms with van der Waals surface area (Å²) >= 11 is 0. The molecule has 0 aliphatic carbocycles. The predicted molar refractivity (Wildman–Crippen MR) is 55.0 cm³/mol. The molecule has 0 aromatic rings. The van der Waals surface area contributed by atoms with Crippen molar-refractivity contribution in [1.82, 2.24) is 0 Å². The first-order chi connectivity index (χ1) is 6.60. The van der Waals surface area contributed by atoms with Crippen LogP contribution >= 0.6 is 0 Å². The van der Waals surface area contributed by atoms with Crippen molar-refractivity contribution in [3.05, 3.63) is 0 Å². The highest BCUT2D eigenvalue weighted by atomic mass is 16.5. The van der Waals surface area contributed by atoms with Gasteiger partial charge in [0, 0.05) is 14.2 Å². The van der Waals surface area contributed by atoms with Gasteiger partial charge >= 0.3 is 0 Å². The zero-order chi connectivity index (χ0) is 11.0.